The number of hydrogen-bond acceptors (Lipinski definition) is 4. The van der Waals surface area contributed by atoms with Gasteiger partial charge in [0.25, 0.3) is 0 Å². The van der Waals surface area contributed by atoms with Crippen LogP contribution in [0.2, 0.25) is 0 Å². The zero-order valence-corrected chi connectivity index (χ0v) is 9.55. The van der Waals surface area contributed by atoms with Gasteiger partial charge in [-0.15, -0.1) is 0 Å². The third-order valence-corrected chi connectivity index (χ3v) is 4.51. The average Bonchev–Trinajstić information content (AvgIpc) is 1.87. The summed E-state index contributed by atoms with van der Waals surface area (Å²) in [5.41, 5.74) is 0. The molecule has 0 atom stereocenters. The topological polar surface area (TPSA) is 44.8 Å². The van der Waals surface area contributed by atoms with Gasteiger partial charge >= 0.3 is 75.3 Å². The van der Waals surface area contributed by atoms with E-state index in [1.807, 2.05) is 13.8 Å². The summed E-state index contributed by atoms with van der Waals surface area (Å²) in [6, 6.07) is 0. The molecule has 4 nitrogen and oxygen atoms in total. The number of carbonyl (C=O) groups is 1. The van der Waals surface area contributed by atoms with Gasteiger partial charge in [0.15, 0.2) is 0 Å². The Morgan fingerprint density at radius 1 is 1.27 bits per heavy atom. The normalized spacial score (nSPS) is 10.2. The van der Waals surface area contributed by atoms with Crippen molar-refractivity contribution < 1.29 is 13.8 Å². The first-order chi connectivity index (χ1) is 5.20. The van der Waals surface area contributed by atoms with E-state index in [1.54, 1.807) is 0 Å². The van der Waals surface area contributed by atoms with Crippen LogP contribution < -0.4 is 0 Å². The minimum atomic E-state index is -2.56. The van der Waals surface area contributed by atoms with Crippen LogP contribution in [-0.2, 0) is 13.8 Å². The zero-order chi connectivity index (χ0) is 8.69. The molecule has 0 aromatic carbocycles. The molecule has 0 saturated carbocycles. The molecule has 0 radical (unpaired) electrons. The van der Waals surface area contributed by atoms with Crippen molar-refractivity contribution in [2.45, 2.75) is 20.8 Å². The van der Waals surface area contributed by atoms with Crippen molar-refractivity contribution in [3.05, 3.63) is 0 Å². The maximum absolute atomic E-state index is 10.5. The third-order valence-electron chi connectivity index (χ3n) is 0.672. The van der Waals surface area contributed by atoms with Crippen LogP contribution in [0, 0.1) is 0 Å². The molecule has 5 heteroatoms. The molecule has 0 rings (SSSR count). The van der Waals surface area contributed by atoms with Crippen LogP contribution in [0.15, 0.2) is 0 Å². The number of carbonyl (C=O) groups excluding carboxylic acids is 1. The molecule has 11 heavy (non-hydrogen) atoms. The summed E-state index contributed by atoms with van der Waals surface area (Å²) in [6.07, 6.45) is 0. The van der Waals surface area contributed by atoms with Crippen LogP contribution in [0.4, 0.5) is 0 Å². The summed E-state index contributed by atoms with van der Waals surface area (Å²) in [5, 5.41) is 0. The molecule has 0 amide bonds. The Morgan fingerprint density at radius 3 is 2.00 bits per heavy atom. The molecule has 0 aliphatic heterocycles. The molecule has 0 aliphatic rings. The van der Waals surface area contributed by atoms with Gasteiger partial charge in [0.05, 0.1) is 0 Å². The van der Waals surface area contributed by atoms with E-state index in [0.29, 0.717) is 13.2 Å². The van der Waals surface area contributed by atoms with Gasteiger partial charge in [-0.25, -0.2) is 0 Å². The van der Waals surface area contributed by atoms with Crippen LogP contribution in [0.3, 0.4) is 0 Å². The SMILES string of the molecule is CC[O][Sb]([O]CC)[O]C(C)=O. The Labute approximate surface area is 75.5 Å². The Balaban J connectivity index is 3.59. The molecular formula is C6H13O4Sb. The van der Waals surface area contributed by atoms with E-state index < -0.39 is 21.5 Å². The van der Waals surface area contributed by atoms with E-state index in [4.69, 9.17) is 9.05 Å². The molecule has 0 fully saturated rings. The van der Waals surface area contributed by atoms with Crippen LogP contribution in [0.5, 0.6) is 0 Å². The van der Waals surface area contributed by atoms with E-state index in [2.05, 4.69) is 0 Å². The van der Waals surface area contributed by atoms with Crippen molar-refractivity contribution in [3.63, 3.8) is 0 Å². The van der Waals surface area contributed by atoms with E-state index >= 15 is 0 Å². The van der Waals surface area contributed by atoms with Gasteiger partial charge in [-0.05, 0) is 0 Å². The second-order valence-corrected chi connectivity index (χ2v) is 4.91. The third kappa shape index (κ3) is 6.60. The van der Waals surface area contributed by atoms with Crippen molar-refractivity contribution in [3.8, 4) is 0 Å². The van der Waals surface area contributed by atoms with Gasteiger partial charge in [-0.1, -0.05) is 0 Å². The van der Waals surface area contributed by atoms with E-state index in [1.165, 1.54) is 6.92 Å². The molecule has 0 bridgehead atoms. The second kappa shape index (κ2) is 6.89. The van der Waals surface area contributed by atoms with Crippen LogP contribution in [-0.4, -0.2) is 40.7 Å². The maximum atomic E-state index is 10.5. The zero-order valence-electron chi connectivity index (χ0n) is 6.99. The predicted octanol–water partition coefficient (Wildman–Crippen LogP) is 0.607. The summed E-state index contributed by atoms with van der Waals surface area (Å²) >= 11 is -2.56. The minimum absolute atomic E-state index is 0.324. The second-order valence-electron chi connectivity index (χ2n) is 1.64. The van der Waals surface area contributed by atoms with Gasteiger partial charge in [-0.3, -0.25) is 0 Å². The predicted molar refractivity (Wildman–Crippen MR) is 40.8 cm³/mol. The molecule has 0 N–H and O–H groups in total. The van der Waals surface area contributed by atoms with E-state index in [-0.39, 0.29) is 5.97 Å². The van der Waals surface area contributed by atoms with Gasteiger partial charge in [0.1, 0.15) is 0 Å². The molecule has 0 unspecified atom stereocenters. The summed E-state index contributed by atoms with van der Waals surface area (Å²) < 4.78 is 15.1. The summed E-state index contributed by atoms with van der Waals surface area (Å²) in [4.78, 5) is 10.5. The van der Waals surface area contributed by atoms with Gasteiger partial charge in [-0.2, -0.15) is 0 Å². The van der Waals surface area contributed by atoms with Crippen LogP contribution in [0.1, 0.15) is 20.8 Å². The summed E-state index contributed by atoms with van der Waals surface area (Å²) in [5.74, 6) is -0.324. The van der Waals surface area contributed by atoms with Crippen molar-refractivity contribution in [1.82, 2.24) is 0 Å². The fourth-order valence-electron chi connectivity index (χ4n) is 0.406. The Hall–Kier alpha value is 0.208. The standard InChI is InChI=1S/C2H4O2.2C2H5O.Sb/c1-2(3)4;2*1-2-3;/h1H3,(H,3,4);2*2H2,1H3;/q;2*-1;+3/p-1. The molecule has 0 heterocycles. The molecule has 0 aromatic rings. The molecule has 0 spiro atoms. The van der Waals surface area contributed by atoms with Crippen molar-refractivity contribution in [2.75, 3.05) is 13.2 Å². The summed E-state index contributed by atoms with van der Waals surface area (Å²) in [6.45, 7) is 6.13. The van der Waals surface area contributed by atoms with Crippen molar-refractivity contribution >= 4 is 27.4 Å². The number of rotatable bonds is 5. The molecule has 66 valence electrons. The van der Waals surface area contributed by atoms with Crippen LogP contribution in [0.25, 0.3) is 0 Å². The van der Waals surface area contributed by atoms with Gasteiger partial charge in [0, 0.05) is 0 Å². The molecular weight excluding hydrogens is 258 g/mol. The molecule has 0 aliphatic carbocycles. The molecule has 0 saturated heterocycles. The van der Waals surface area contributed by atoms with Crippen molar-refractivity contribution in [1.29, 1.82) is 0 Å². The van der Waals surface area contributed by atoms with E-state index in [9.17, 15) is 4.79 Å². The van der Waals surface area contributed by atoms with E-state index in [0.717, 1.165) is 0 Å². The Bertz CT molecular complexity index is 111. The fraction of sp³-hybridized carbons (Fsp3) is 0.833. The van der Waals surface area contributed by atoms with Gasteiger partial charge in [0.2, 0.25) is 0 Å². The fourth-order valence-corrected chi connectivity index (χ4v) is 2.72. The molecule has 0 aromatic heterocycles. The van der Waals surface area contributed by atoms with Gasteiger partial charge < -0.3 is 0 Å². The van der Waals surface area contributed by atoms with Crippen molar-refractivity contribution in [2.24, 2.45) is 0 Å². The summed E-state index contributed by atoms with van der Waals surface area (Å²) in [7, 11) is 0. The monoisotopic (exact) mass is 270 g/mol. The first-order valence-electron chi connectivity index (χ1n) is 3.45. The van der Waals surface area contributed by atoms with Crippen LogP contribution >= 0.6 is 0 Å². The number of hydrogen-bond donors (Lipinski definition) is 0. The Kier molecular flexibility index (Phi) is 7.02. The quantitative estimate of drug-likeness (QED) is 0.687. The average molecular weight is 271 g/mol. The first kappa shape index (κ1) is 11.2. The first-order valence-corrected chi connectivity index (χ1v) is 6.57. The Morgan fingerprint density at radius 2 is 1.73 bits per heavy atom.